The van der Waals surface area contributed by atoms with Crippen LogP contribution in [0, 0.1) is 23.3 Å². The summed E-state index contributed by atoms with van der Waals surface area (Å²) in [5, 5.41) is 12.4. The van der Waals surface area contributed by atoms with Crippen molar-refractivity contribution in [1.82, 2.24) is 48.8 Å². The summed E-state index contributed by atoms with van der Waals surface area (Å²) in [6.07, 6.45) is 12.3. The van der Waals surface area contributed by atoms with Crippen molar-refractivity contribution in [1.29, 1.82) is 0 Å². The first-order valence-electron chi connectivity index (χ1n) is 29.6. The van der Waals surface area contributed by atoms with Crippen molar-refractivity contribution in [2.45, 2.75) is 6.54 Å². The van der Waals surface area contributed by atoms with E-state index in [9.17, 15) is 41.5 Å². The van der Waals surface area contributed by atoms with E-state index in [1.807, 2.05) is 6.07 Å². The molecule has 0 saturated heterocycles. The van der Waals surface area contributed by atoms with Crippen molar-refractivity contribution in [3.63, 3.8) is 0 Å². The van der Waals surface area contributed by atoms with Crippen molar-refractivity contribution in [2.75, 3.05) is 58.6 Å². The molecule has 6 aromatic heterocycles. The quantitative estimate of drug-likeness (QED) is 0.0501. The Bertz CT molecular complexity index is 4990. The van der Waals surface area contributed by atoms with Crippen LogP contribution in [0.2, 0.25) is 10.0 Å². The van der Waals surface area contributed by atoms with Crippen molar-refractivity contribution in [3.8, 4) is 68.7 Å². The fraction of sp³-hybridized carbons (Fsp3) is 0.0986. The molecule has 0 saturated carbocycles. The van der Waals surface area contributed by atoms with Gasteiger partial charge in [-0.3, -0.25) is 37.8 Å². The standard InChI is InChI=1S/C24H18Cl2N4O4.C24H18F2N4O4.C23H19F2N5O3/c2*1-4-19(31)28-14-7-5-6-13(10-14)23-27-12-16-15(29-23)8-9-30(16)24(32)20-21(25)17(33-2)11-18(34-3)22(20)26;1-4-20(31)28-14-7-5-6-13(8-14)23-26-11-17-16(29-23)10-27-30(17)12-15-21(24)18(32-2)9-19(33-3)22(15)25/h2*4-12H,1H2,2-3H3,(H,28,31);4-11H,1,12H2,2-3H3,(H,28,31). The van der Waals surface area contributed by atoms with Crippen LogP contribution in [0.15, 0.2) is 178 Å². The number of methoxy groups -OCH3 is 6. The number of ether oxygens (including phenoxy) is 6. The number of aromatic nitrogens is 10. The van der Waals surface area contributed by atoms with Crippen molar-refractivity contribution < 1.29 is 70.0 Å². The minimum Gasteiger partial charge on any atom is -0.495 e. The minimum atomic E-state index is -1.15. The van der Waals surface area contributed by atoms with Crippen LogP contribution in [0.5, 0.6) is 34.5 Å². The molecule has 3 N–H and O–H groups in total. The average molecular weight is 1410 g/mol. The lowest BCUT2D eigenvalue weighted by molar-refractivity contribution is -0.112. The largest absolute Gasteiger partial charge is 0.495 e. The number of carbonyl (C=O) groups excluding carboxylic acids is 5. The van der Waals surface area contributed by atoms with Crippen molar-refractivity contribution in [3.05, 3.63) is 228 Å². The van der Waals surface area contributed by atoms with Crippen LogP contribution >= 0.6 is 23.2 Å². The maximum atomic E-state index is 14.8. The monoisotopic (exact) mass is 1410 g/mol. The number of amides is 3. The number of benzene rings is 6. The first-order chi connectivity index (χ1) is 48.7. The second kappa shape index (κ2) is 31.1. The number of rotatable bonds is 19. The molecule has 0 fully saturated rings. The Labute approximate surface area is 581 Å². The van der Waals surface area contributed by atoms with E-state index >= 15 is 0 Å². The molecule has 0 radical (unpaired) electrons. The van der Waals surface area contributed by atoms with E-state index in [0.29, 0.717) is 78.8 Å². The first kappa shape index (κ1) is 71.0. The normalized spacial score (nSPS) is 10.7. The number of fused-ring (bicyclic) bond motifs is 3. The molecule has 101 heavy (non-hydrogen) atoms. The molecular formula is C71H55Cl2F4N13O11. The van der Waals surface area contributed by atoms with Gasteiger partial charge in [-0.1, -0.05) is 79.3 Å². The molecule has 0 unspecified atom stereocenters. The molecule has 0 aliphatic heterocycles. The summed E-state index contributed by atoms with van der Waals surface area (Å²) in [4.78, 5) is 87.7. The van der Waals surface area contributed by atoms with E-state index in [4.69, 9.17) is 51.6 Å². The first-order valence-corrected chi connectivity index (χ1v) is 30.3. The Morgan fingerprint density at radius 1 is 0.446 bits per heavy atom. The lowest BCUT2D eigenvalue weighted by Crippen LogP contribution is -2.16. The smallest absolute Gasteiger partial charge is 0.268 e. The van der Waals surface area contributed by atoms with Gasteiger partial charge < -0.3 is 44.4 Å². The number of halogens is 6. The number of nitrogens with one attached hydrogen (secondary N) is 3. The molecule has 6 heterocycles. The Balaban J connectivity index is 0.000000163. The predicted molar refractivity (Wildman–Crippen MR) is 370 cm³/mol. The van der Waals surface area contributed by atoms with Gasteiger partial charge in [0.05, 0.1) is 117 Å². The number of hydrogen-bond acceptors (Lipinski definition) is 18. The van der Waals surface area contributed by atoms with Crippen LogP contribution < -0.4 is 44.4 Å². The van der Waals surface area contributed by atoms with Gasteiger partial charge in [-0.2, -0.15) is 5.10 Å². The lowest BCUT2D eigenvalue weighted by Gasteiger charge is -2.14. The molecule has 30 heteroatoms. The highest BCUT2D eigenvalue weighted by molar-refractivity contribution is 6.41. The minimum absolute atomic E-state index is 0.0340. The van der Waals surface area contributed by atoms with Gasteiger partial charge in [0.25, 0.3) is 11.8 Å². The summed E-state index contributed by atoms with van der Waals surface area (Å²) in [6, 6.07) is 27.8. The Kier molecular flexibility index (Phi) is 21.9. The third-order valence-corrected chi connectivity index (χ3v) is 15.7. The zero-order valence-corrected chi connectivity index (χ0v) is 55.6. The fourth-order valence-corrected chi connectivity index (χ4v) is 10.7. The Morgan fingerprint density at radius 2 is 0.792 bits per heavy atom. The van der Waals surface area contributed by atoms with Gasteiger partial charge in [0.2, 0.25) is 17.7 Å². The van der Waals surface area contributed by atoms with Gasteiger partial charge in [-0.25, -0.2) is 47.5 Å². The summed E-state index contributed by atoms with van der Waals surface area (Å²) in [5.41, 5.74) is 5.14. The van der Waals surface area contributed by atoms with Crippen molar-refractivity contribution in [2.24, 2.45) is 0 Å². The SMILES string of the molecule is C=CC(=O)Nc1cccc(-c2ncc3c(ccn3C(=O)c3c(Cl)c(OC)cc(OC)c3Cl)n2)c1.C=CC(=O)Nc1cccc(-c2ncc3c(ccn3C(=O)c3c(F)c(OC)cc(OC)c3F)n2)c1.C=CC(=O)Nc1cccc(-c2ncc3c(cnn3Cc3c(F)c(OC)cc(OC)c3F)n2)c1. The van der Waals surface area contributed by atoms with Gasteiger partial charge in [0.1, 0.15) is 28.1 Å². The van der Waals surface area contributed by atoms with Gasteiger partial charge in [0.15, 0.2) is 63.7 Å². The maximum absolute atomic E-state index is 14.8. The zero-order chi connectivity index (χ0) is 72.3. The molecule has 0 aliphatic carbocycles. The Morgan fingerprint density at radius 3 is 1.17 bits per heavy atom. The van der Waals surface area contributed by atoms with Crippen LogP contribution in [-0.4, -0.2) is 121 Å². The number of carbonyl (C=O) groups is 5. The molecule has 0 bridgehead atoms. The molecule has 0 spiro atoms. The fourth-order valence-electron chi connectivity index (χ4n) is 10.0. The van der Waals surface area contributed by atoms with E-state index in [0.717, 1.165) is 22.8 Å². The molecule has 0 aliphatic rings. The van der Waals surface area contributed by atoms with Gasteiger partial charge in [0, 0.05) is 64.3 Å². The van der Waals surface area contributed by atoms with Gasteiger partial charge in [-0.15, -0.1) is 0 Å². The van der Waals surface area contributed by atoms with Gasteiger partial charge in [-0.05, 0) is 66.8 Å². The highest BCUT2D eigenvalue weighted by Crippen LogP contribution is 2.42. The highest BCUT2D eigenvalue weighted by Gasteiger charge is 2.29. The van der Waals surface area contributed by atoms with Crippen LogP contribution in [0.4, 0.5) is 34.6 Å². The number of anilines is 3. The summed E-state index contributed by atoms with van der Waals surface area (Å²) in [7, 11) is 7.83. The predicted octanol–water partition coefficient (Wildman–Crippen LogP) is 13.4. The summed E-state index contributed by atoms with van der Waals surface area (Å²) < 4.78 is 93.2. The number of hydrogen-bond donors (Lipinski definition) is 3. The topological polar surface area (TPSA) is 282 Å². The second-order valence-electron chi connectivity index (χ2n) is 21.0. The van der Waals surface area contributed by atoms with E-state index in [1.54, 1.807) is 79.0 Å². The highest BCUT2D eigenvalue weighted by atomic mass is 35.5. The summed E-state index contributed by atoms with van der Waals surface area (Å²) in [5.74, 6) is -5.75. The van der Waals surface area contributed by atoms with Crippen LogP contribution in [0.1, 0.15) is 26.3 Å². The third-order valence-electron chi connectivity index (χ3n) is 15.0. The van der Waals surface area contributed by atoms with Crippen LogP contribution in [-0.2, 0) is 20.9 Å². The molecule has 24 nitrogen and oxygen atoms in total. The van der Waals surface area contributed by atoms with E-state index in [1.165, 1.54) is 107 Å². The van der Waals surface area contributed by atoms with Crippen LogP contribution in [0.3, 0.4) is 0 Å². The van der Waals surface area contributed by atoms with E-state index in [-0.39, 0.29) is 85.5 Å². The Hall–Kier alpha value is -12.8. The number of nitrogens with zero attached hydrogens (tertiary/aromatic N) is 10. The summed E-state index contributed by atoms with van der Waals surface area (Å²) in [6.45, 7) is 10.1. The molecule has 0 atom stereocenters. The molecule has 512 valence electrons. The van der Waals surface area contributed by atoms with E-state index in [2.05, 4.69) is 70.7 Å². The molecule has 3 amide bonds. The lowest BCUT2D eigenvalue weighted by atomic mass is 10.1. The second-order valence-corrected chi connectivity index (χ2v) is 21.7. The molecule has 6 aromatic carbocycles. The maximum Gasteiger partial charge on any atom is 0.268 e. The van der Waals surface area contributed by atoms with Crippen molar-refractivity contribution >= 4 is 103 Å². The third kappa shape index (κ3) is 15.0. The average Bonchev–Trinajstić information content (AvgIpc) is 1.68. The van der Waals surface area contributed by atoms with Crippen LogP contribution in [0.25, 0.3) is 67.3 Å². The molecule has 12 rings (SSSR count). The summed E-state index contributed by atoms with van der Waals surface area (Å²) >= 11 is 12.8. The van der Waals surface area contributed by atoms with Gasteiger partial charge >= 0.3 is 0 Å². The molecule has 12 aromatic rings. The molecular weight excluding hydrogens is 1360 g/mol. The van der Waals surface area contributed by atoms with E-state index < -0.39 is 40.6 Å². The zero-order valence-electron chi connectivity index (χ0n) is 54.1.